The van der Waals surface area contributed by atoms with E-state index < -0.39 is 0 Å². The standard InChI is InChI=1S/C73H49N/c1-48-15-3-2-4-16-49-17-5-6-18-55(49)43-67(48)52-35-39-60(40-36-52)74-72-41-37-56(50-27-31-53(32-28-50)68-46-58-19-7-9-21-61(58)63-23-11-13-25-65(63)68)44-70(72)71-45-57(38-42-73(71)74)51-29-33-54(34-30-51)69-47-59-20-8-10-22-62(59)64-24-12-14-26-66(64)69/h2-15,17-47H,1,16H2/b4-2-,15-3-,67-43+. The number of hydrogen-bond acceptors (Lipinski definition) is 0. The topological polar surface area (TPSA) is 4.93 Å². The minimum Gasteiger partial charge on any atom is -0.309 e. The van der Waals surface area contributed by atoms with Gasteiger partial charge in [-0.15, -0.1) is 0 Å². The van der Waals surface area contributed by atoms with E-state index >= 15 is 0 Å². The number of rotatable bonds is 6. The molecule has 346 valence electrons. The summed E-state index contributed by atoms with van der Waals surface area (Å²) < 4.78 is 2.43. The second-order valence-corrected chi connectivity index (χ2v) is 19.7. The molecule has 1 nitrogen and oxygen atoms in total. The number of allylic oxidation sites excluding steroid dienone is 6. The lowest BCUT2D eigenvalue weighted by Gasteiger charge is -2.14. The molecule has 0 bridgehead atoms. The van der Waals surface area contributed by atoms with Gasteiger partial charge in [0, 0.05) is 16.5 Å². The van der Waals surface area contributed by atoms with Gasteiger partial charge in [-0.25, -0.2) is 0 Å². The summed E-state index contributed by atoms with van der Waals surface area (Å²) in [5.41, 5.74) is 18.8. The molecular weight excluding hydrogens is 891 g/mol. The monoisotopic (exact) mass is 939 g/mol. The van der Waals surface area contributed by atoms with Crippen LogP contribution in [0.2, 0.25) is 0 Å². The molecule has 12 aromatic carbocycles. The van der Waals surface area contributed by atoms with Gasteiger partial charge >= 0.3 is 0 Å². The van der Waals surface area contributed by atoms with Crippen LogP contribution < -0.4 is 0 Å². The van der Waals surface area contributed by atoms with Crippen molar-refractivity contribution in [3.63, 3.8) is 0 Å². The van der Waals surface area contributed by atoms with Crippen LogP contribution in [0.3, 0.4) is 0 Å². The molecule has 74 heavy (non-hydrogen) atoms. The molecule has 0 saturated carbocycles. The van der Waals surface area contributed by atoms with Crippen molar-refractivity contribution in [1.29, 1.82) is 0 Å². The third-order valence-corrected chi connectivity index (χ3v) is 15.4. The van der Waals surface area contributed by atoms with Gasteiger partial charge in [-0.3, -0.25) is 0 Å². The molecule has 14 rings (SSSR count). The van der Waals surface area contributed by atoms with E-state index in [9.17, 15) is 0 Å². The molecule has 0 amide bonds. The van der Waals surface area contributed by atoms with Crippen molar-refractivity contribution in [3.8, 4) is 50.2 Å². The molecule has 0 saturated heterocycles. The third-order valence-electron chi connectivity index (χ3n) is 15.4. The van der Waals surface area contributed by atoms with Crippen LogP contribution in [0.5, 0.6) is 0 Å². The normalized spacial score (nSPS) is 14.4. The summed E-state index contributed by atoms with van der Waals surface area (Å²) in [7, 11) is 0. The Balaban J connectivity index is 0.881. The van der Waals surface area contributed by atoms with Crippen LogP contribution in [0.4, 0.5) is 0 Å². The summed E-state index contributed by atoms with van der Waals surface area (Å²) in [6, 6.07) is 89.7. The number of benzene rings is 12. The Morgan fingerprint density at radius 3 is 1.34 bits per heavy atom. The second-order valence-electron chi connectivity index (χ2n) is 19.7. The highest BCUT2D eigenvalue weighted by Crippen LogP contribution is 2.41. The first-order valence-corrected chi connectivity index (χ1v) is 25.6. The molecule has 1 aliphatic rings. The summed E-state index contributed by atoms with van der Waals surface area (Å²) in [5.74, 6) is 0. The van der Waals surface area contributed by atoms with Gasteiger partial charge in [0.15, 0.2) is 0 Å². The molecular formula is C73H49N. The first kappa shape index (κ1) is 43.2. The molecule has 1 aliphatic carbocycles. The van der Waals surface area contributed by atoms with E-state index in [0.717, 1.165) is 39.9 Å². The van der Waals surface area contributed by atoms with Crippen molar-refractivity contribution >= 4 is 76.5 Å². The first-order chi connectivity index (χ1) is 36.6. The van der Waals surface area contributed by atoms with Crippen molar-refractivity contribution in [1.82, 2.24) is 4.57 Å². The lowest BCUT2D eigenvalue weighted by atomic mass is 9.92. The van der Waals surface area contributed by atoms with E-state index in [1.54, 1.807) is 0 Å². The quantitative estimate of drug-likeness (QED) is 0.146. The molecule has 1 aromatic heterocycles. The maximum Gasteiger partial charge on any atom is 0.0541 e. The minimum absolute atomic E-state index is 0.884. The van der Waals surface area contributed by atoms with E-state index in [4.69, 9.17) is 0 Å². The zero-order valence-electron chi connectivity index (χ0n) is 40.8. The van der Waals surface area contributed by atoms with Crippen LogP contribution >= 0.6 is 0 Å². The lowest BCUT2D eigenvalue weighted by molar-refractivity contribution is 1.18. The molecule has 0 atom stereocenters. The largest absolute Gasteiger partial charge is 0.309 e. The van der Waals surface area contributed by atoms with Gasteiger partial charge in [0.2, 0.25) is 0 Å². The molecule has 0 unspecified atom stereocenters. The lowest BCUT2D eigenvalue weighted by Crippen LogP contribution is -1.96. The zero-order valence-corrected chi connectivity index (χ0v) is 40.8. The van der Waals surface area contributed by atoms with Crippen LogP contribution in [0.15, 0.2) is 279 Å². The summed E-state index contributed by atoms with van der Waals surface area (Å²) in [5, 5.41) is 12.6. The molecule has 1 heteroatoms. The SMILES string of the molecule is C=C1/C=C\C=C/Cc2ccccc2/C=C\1c1ccc(-n2c3ccc(-c4ccc(-c5cc6ccccc6c6ccccc56)cc4)cc3c3cc(-c4ccc(-c5cc6ccccc6c6ccccc56)cc4)ccc32)cc1. The highest BCUT2D eigenvalue weighted by molar-refractivity contribution is 6.16. The molecule has 13 aromatic rings. The van der Waals surface area contributed by atoms with Crippen LogP contribution in [0, 0.1) is 0 Å². The maximum absolute atomic E-state index is 4.53. The predicted octanol–water partition coefficient (Wildman–Crippen LogP) is 19.8. The van der Waals surface area contributed by atoms with E-state index in [2.05, 4.69) is 284 Å². The fraction of sp³-hybridized carbons (Fsp3) is 0.0137. The van der Waals surface area contributed by atoms with Crippen LogP contribution in [0.1, 0.15) is 16.7 Å². The third kappa shape index (κ3) is 7.49. The zero-order chi connectivity index (χ0) is 49.1. The van der Waals surface area contributed by atoms with Gasteiger partial charge in [-0.2, -0.15) is 0 Å². The molecule has 1 heterocycles. The highest BCUT2D eigenvalue weighted by Gasteiger charge is 2.18. The number of fused-ring (bicyclic) bond motifs is 10. The molecule has 0 aliphatic heterocycles. The Kier molecular flexibility index (Phi) is 10.5. The average Bonchev–Trinajstić information content (AvgIpc) is 3.80. The molecule has 0 spiro atoms. The highest BCUT2D eigenvalue weighted by atomic mass is 15.0. The number of hydrogen-bond donors (Lipinski definition) is 0. The number of nitrogens with zero attached hydrogens (tertiary/aromatic N) is 1. The summed E-state index contributed by atoms with van der Waals surface area (Å²) in [4.78, 5) is 0. The van der Waals surface area contributed by atoms with Crippen molar-refractivity contribution < 1.29 is 0 Å². The van der Waals surface area contributed by atoms with Crippen molar-refractivity contribution in [3.05, 3.63) is 296 Å². The fourth-order valence-electron chi connectivity index (χ4n) is 11.6. The van der Waals surface area contributed by atoms with Crippen molar-refractivity contribution in [2.75, 3.05) is 0 Å². The van der Waals surface area contributed by atoms with Gasteiger partial charge in [-0.1, -0.05) is 225 Å². The van der Waals surface area contributed by atoms with Gasteiger partial charge in [0.25, 0.3) is 0 Å². The summed E-state index contributed by atoms with van der Waals surface area (Å²) in [6.45, 7) is 4.53. The molecule has 0 radical (unpaired) electrons. The Bertz CT molecular complexity index is 4260. The Morgan fingerprint density at radius 2 is 0.784 bits per heavy atom. The first-order valence-electron chi connectivity index (χ1n) is 25.6. The molecule has 0 N–H and O–H groups in total. The second kappa shape index (κ2) is 17.9. The van der Waals surface area contributed by atoms with E-state index in [-0.39, 0.29) is 0 Å². The predicted molar refractivity (Wildman–Crippen MR) is 318 cm³/mol. The minimum atomic E-state index is 0.884. The maximum atomic E-state index is 4.53. The van der Waals surface area contributed by atoms with Crippen molar-refractivity contribution in [2.24, 2.45) is 0 Å². The Labute approximate surface area is 431 Å². The fourth-order valence-corrected chi connectivity index (χ4v) is 11.6. The smallest absolute Gasteiger partial charge is 0.0541 e. The molecule has 0 fully saturated rings. The summed E-state index contributed by atoms with van der Waals surface area (Å²) >= 11 is 0. The van der Waals surface area contributed by atoms with E-state index in [0.29, 0.717) is 0 Å². The van der Waals surface area contributed by atoms with Crippen LogP contribution in [-0.2, 0) is 6.42 Å². The van der Waals surface area contributed by atoms with Crippen molar-refractivity contribution in [2.45, 2.75) is 6.42 Å². The number of aromatic nitrogens is 1. The van der Waals surface area contributed by atoms with Crippen LogP contribution in [0.25, 0.3) is 127 Å². The van der Waals surface area contributed by atoms with Crippen LogP contribution in [-0.4, -0.2) is 4.57 Å². The average molecular weight is 940 g/mol. The Morgan fingerprint density at radius 1 is 0.338 bits per heavy atom. The van der Waals surface area contributed by atoms with Gasteiger partial charge in [0.05, 0.1) is 11.0 Å². The summed E-state index contributed by atoms with van der Waals surface area (Å²) in [6.07, 6.45) is 11.7. The Hall–Kier alpha value is -9.56. The van der Waals surface area contributed by atoms with Gasteiger partial charge in [0.1, 0.15) is 0 Å². The van der Waals surface area contributed by atoms with Gasteiger partial charge in [-0.05, 0) is 176 Å². The van der Waals surface area contributed by atoms with Gasteiger partial charge < -0.3 is 4.57 Å². The van der Waals surface area contributed by atoms with E-state index in [1.165, 1.54) is 109 Å². The van der Waals surface area contributed by atoms with E-state index in [1.807, 2.05) is 0 Å².